The summed E-state index contributed by atoms with van der Waals surface area (Å²) in [6.45, 7) is 5.55. The van der Waals surface area contributed by atoms with Crippen molar-refractivity contribution in [2.24, 2.45) is 0 Å². The van der Waals surface area contributed by atoms with Gasteiger partial charge in [0.1, 0.15) is 0 Å². The number of hydrogen-bond acceptors (Lipinski definition) is 7. The maximum absolute atomic E-state index is 11.0. The number of carboxylic acids is 2. The second-order valence-corrected chi connectivity index (χ2v) is 4.65. The van der Waals surface area contributed by atoms with Crippen LogP contribution in [0.5, 0.6) is 0 Å². The van der Waals surface area contributed by atoms with Crippen LogP contribution in [0.2, 0.25) is 0 Å². The molecule has 0 aliphatic rings. The Labute approximate surface area is 145 Å². The summed E-state index contributed by atoms with van der Waals surface area (Å²) in [7, 11) is 0. The fraction of sp³-hybridized carbons (Fsp3) is 0.438. The molecule has 0 unspecified atom stereocenters. The minimum absolute atomic E-state index is 0.252. The van der Waals surface area contributed by atoms with E-state index < -0.39 is 17.9 Å². The lowest BCUT2D eigenvalue weighted by atomic mass is 10.1. The smallest absolute Gasteiger partial charge is 0.349 e. The monoisotopic (exact) mass is 357 g/mol. The van der Waals surface area contributed by atoms with Gasteiger partial charge >= 0.3 is 17.9 Å². The molecule has 0 heterocycles. The first-order chi connectivity index (χ1) is 11.9. The van der Waals surface area contributed by atoms with E-state index in [1.54, 1.807) is 0 Å². The molecule has 9 heteroatoms. The quantitative estimate of drug-likeness (QED) is 0.168. The van der Waals surface area contributed by atoms with Crippen LogP contribution in [-0.4, -0.2) is 61.1 Å². The molecule has 0 saturated heterocycles. The number of carboxylic acid groups (broad SMARTS) is 2. The molecular formula is C16H23NO8. The van der Waals surface area contributed by atoms with E-state index in [2.05, 4.69) is 16.9 Å². The van der Waals surface area contributed by atoms with Crippen LogP contribution >= 0.6 is 0 Å². The van der Waals surface area contributed by atoms with Gasteiger partial charge in [-0.15, -0.1) is 0 Å². The molecule has 0 aromatic heterocycles. The molecule has 0 rings (SSSR count). The van der Waals surface area contributed by atoms with Gasteiger partial charge in [0.25, 0.3) is 0 Å². The van der Waals surface area contributed by atoms with Crippen LogP contribution in [0.15, 0.2) is 36.5 Å². The molecule has 0 spiro atoms. The Morgan fingerprint density at radius 1 is 0.880 bits per heavy atom. The highest BCUT2D eigenvalue weighted by Gasteiger charge is 1.98. The van der Waals surface area contributed by atoms with Gasteiger partial charge in [0.05, 0.1) is 26.4 Å². The molecule has 0 amide bonds. The maximum Gasteiger partial charge on any atom is 0.349 e. The third kappa shape index (κ3) is 17.7. The predicted molar refractivity (Wildman–Crippen MR) is 87.7 cm³/mol. The van der Waals surface area contributed by atoms with Crippen molar-refractivity contribution in [3.8, 4) is 0 Å². The lowest BCUT2D eigenvalue weighted by Gasteiger charge is -2.06. The van der Waals surface area contributed by atoms with Gasteiger partial charge in [-0.3, -0.25) is 0 Å². The number of rotatable bonds is 15. The average molecular weight is 357 g/mol. The van der Waals surface area contributed by atoms with Crippen molar-refractivity contribution >= 4 is 17.9 Å². The maximum atomic E-state index is 11.0. The molecule has 0 radical (unpaired) electrons. The van der Waals surface area contributed by atoms with Gasteiger partial charge < -0.3 is 24.5 Å². The van der Waals surface area contributed by atoms with Crippen LogP contribution < -0.4 is 5.48 Å². The number of ether oxygens (including phenoxy) is 2. The van der Waals surface area contributed by atoms with Gasteiger partial charge in [0, 0.05) is 24.8 Å². The number of nitrogens with one attached hydrogen (secondary N) is 1. The number of hydrogen-bond donors (Lipinski definition) is 3. The Morgan fingerprint density at radius 3 is 2.12 bits per heavy atom. The molecule has 140 valence electrons. The topological polar surface area (TPSA) is 131 Å². The SMILES string of the molecule is C=C(/C=C\C(=O)O)CCCOCCOCCNOC(=O)/C=C\C(=O)O. The van der Waals surface area contributed by atoms with E-state index in [9.17, 15) is 14.4 Å². The van der Waals surface area contributed by atoms with Crippen molar-refractivity contribution in [1.82, 2.24) is 5.48 Å². The van der Waals surface area contributed by atoms with Crippen LogP contribution in [0.4, 0.5) is 0 Å². The van der Waals surface area contributed by atoms with Crippen LogP contribution in [0.1, 0.15) is 12.8 Å². The Kier molecular flexibility index (Phi) is 13.6. The van der Waals surface area contributed by atoms with Crippen molar-refractivity contribution in [3.63, 3.8) is 0 Å². The minimum atomic E-state index is -1.23. The zero-order valence-corrected chi connectivity index (χ0v) is 13.8. The van der Waals surface area contributed by atoms with Gasteiger partial charge in [0.15, 0.2) is 0 Å². The molecule has 0 bridgehead atoms. The molecule has 0 atom stereocenters. The number of aliphatic carboxylic acids is 2. The molecule has 0 aromatic rings. The largest absolute Gasteiger partial charge is 0.478 e. The average Bonchev–Trinajstić information content (AvgIpc) is 2.55. The molecule has 0 aromatic carbocycles. The predicted octanol–water partition coefficient (Wildman–Crippen LogP) is 0.685. The summed E-state index contributed by atoms with van der Waals surface area (Å²) in [5.41, 5.74) is 3.06. The van der Waals surface area contributed by atoms with Gasteiger partial charge in [0.2, 0.25) is 0 Å². The first-order valence-corrected chi connectivity index (χ1v) is 7.50. The summed E-state index contributed by atoms with van der Waals surface area (Å²) in [4.78, 5) is 35.9. The standard InChI is InChI=1S/C16H23NO8/c1-13(4-5-14(18)19)3-2-9-23-11-12-24-10-8-17-25-16(22)7-6-15(20)21/h4-7,17H,1-3,8-12H2,(H,18,19)(H,20,21)/b5-4-,7-6-. The highest BCUT2D eigenvalue weighted by atomic mass is 16.7. The van der Waals surface area contributed by atoms with Gasteiger partial charge in [-0.1, -0.05) is 18.2 Å². The van der Waals surface area contributed by atoms with Gasteiger partial charge in [-0.2, -0.15) is 5.48 Å². The van der Waals surface area contributed by atoms with Crippen molar-refractivity contribution in [1.29, 1.82) is 0 Å². The van der Waals surface area contributed by atoms with E-state index in [0.717, 1.165) is 24.1 Å². The second kappa shape index (κ2) is 15.1. The Morgan fingerprint density at radius 2 is 1.48 bits per heavy atom. The summed E-state index contributed by atoms with van der Waals surface area (Å²) < 4.78 is 10.6. The van der Waals surface area contributed by atoms with Crippen LogP contribution in [0.3, 0.4) is 0 Å². The molecule has 0 aliphatic carbocycles. The third-order valence-corrected chi connectivity index (χ3v) is 2.50. The Hall–Kier alpha value is -2.49. The van der Waals surface area contributed by atoms with Crippen LogP contribution in [0, 0.1) is 0 Å². The van der Waals surface area contributed by atoms with E-state index in [1.165, 1.54) is 6.08 Å². The first kappa shape index (κ1) is 22.5. The number of allylic oxidation sites excluding steroid dienone is 2. The van der Waals surface area contributed by atoms with Crippen molar-refractivity contribution in [3.05, 3.63) is 36.5 Å². The van der Waals surface area contributed by atoms with E-state index in [4.69, 9.17) is 19.7 Å². The highest BCUT2D eigenvalue weighted by molar-refractivity contribution is 5.90. The van der Waals surface area contributed by atoms with Crippen LogP contribution in [0.25, 0.3) is 0 Å². The summed E-state index contributed by atoms with van der Waals surface area (Å²) in [6.07, 6.45) is 5.35. The van der Waals surface area contributed by atoms with E-state index >= 15 is 0 Å². The molecule has 0 fully saturated rings. The normalized spacial score (nSPS) is 11.0. The molecule has 25 heavy (non-hydrogen) atoms. The number of hydroxylamine groups is 1. The van der Waals surface area contributed by atoms with E-state index in [1.807, 2.05) is 0 Å². The lowest BCUT2D eigenvalue weighted by molar-refractivity contribution is -0.146. The lowest BCUT2D eigenvalue weighted by Crippen LogP contribution is -2.23. The zero-order valence-electron chi connectivity index (χ0n) is 13.8. The second-order valence-electron chi connectivity index (χ2n) is 4.65. The number of carbonyl (C=O) groups is 3. The summed E-state index contributed by atoms with van der Waals surface area (Å²) in [6, 6.07) is 0. The summed E-state index contributed by atoms with van der Waals surface area (Å²) in [5.74, 6) is -3.05. The summed E-state index contributed by atoms with van der Waals surface area (Å²) >= 11 is 0. The van der Waals surface area contributed by atoms with E-state index in [0.29, 0.717) is 32.3 Å². The van der Waals surface area contributed by atoms with Gasteiger partial charge in [-0.25, -0.2) is 14.4 Å². The zero-order chi connectivity index (χ0) is 18.9. The molecule has 9 nitrogen and oxygen atoms in total. The minimum Gasteiger partial charge on any atom is -0.478 e. The van der Waals surface area contributed by atoms with Crippen molar-refractivity contribution < 1.29 is 38.9 Å². The van der Waals surface area contributed by atoms with E-state index in [-0.39, 0.29) is 13.2 Å². The van der Waals surface area contributed by atoms with Gasteiger partial charge in [-0.05, 0) is 12.8 Å². The fourth-order valence-corrected chi connectivity index (χ4v) is 1.41. The first-order valence-electron chi connectivity index (χ1n) is 7.50. The Bertz CT molecular complexity index is 454. The highest BCUT2D eigenvalue weighted by Crippen LogP contribution is 2.03. The molecule has 0 aliphatic heterocycles. The molecule has 3 N–H and O–H groups in total. The number of carbonyl (C=O) groups excluding carboxylic acids is 1. The third-order valence-electron chi connectivity index (χ3n) is 2.50. The van der Waals surface area contributed by atoms with Crippen molar-refractivity contribution in [2.45, 2.75) is 12.8 Å². The fourth-order valence-electron chi connectivity index (χ4n) is 1.41. The van der Waals surface area contributed by atoms with Crippen LogP contribution in [-0.2, 0) is 28.7 Å². The molecule has 0 saturated carbocycles. The molecular weight excluding hydrogens is 334 g/mol. The van der Waals surface area contributed by atoms with Crippen molar-refractivity contribution in [2.75, 3.05) is 33.0 Å². The Balaban J connectivity index is 3.37. The summed E-state index contributed by atoms with van der Waals surface area (Å²) in [5, 5.41) is 16.8.